The molecule has 0 aliphatic carbocycles. The molecule has 130 valence electrons. The minimum Gasteiger partial charge on any atom is -0.289 e. The number of aryl methyl sites for hydroxylation is 1. The van der Waals surface area contributed by atoms with E-state index in [9.17, 15) is 0 Å². The first-order valence-corrected chi connectivity index (χ1v) is 9.06. The summed E-state index contributed by atoms with van der Waals surface area (Å²) < 4.78 is 4.11. The zero-order valence-corrected chi connectivity index (χ0v) is 14.6. The second kappa shape index (κ2) is 7.19. The van der Waals surface area contributed by atoms with Crippen LogP contribution in [0.25, 0.3) is 5.69 Å². The summed E-state index contributed by atoms with van der Waals surface area (Å²) in [5.41, 5.74) is 2.38. The average molecular weight is 336 g/mol. The van der Waals surface area contributed by atoms with Crippen LogP contribution in [0.15, 0.2) is 49.1 Å². The van der Waals surface area contributed by atoms with Crippen molar-refractivity contribution in [1.29, 1.82) is 0 Å². The maximum atomic E-state index is 4.48. The predicted molar refractivity (Wildman–Crippen MR) is 96.3 cm³/mol. The summed E-state index contributed by atoms with van der Waals surface area (Å²) in [6.45, 7) is 5.02. The quantitative estimate of drug-likeness (QED) is 0.718. The third kappa shape index (κ3) is 3.35. The van der Waals surface area contributed by atoms with Gasteiger partial charge >= 0.3 is 0 Å². The molecule has 1 aliphatic rings. The molecule has 0 radical (unpaired) electrons. The fraction of sp³-hybridized carbons (Fsp3) is 0.421. The summed E-state index contributed by atoms with van der Waals surface area (Å²) in [6, 6.07) is 10.6. The van der Waals surface area contributed by atoms with Gasteiger partial charge in [-0.05, 0) is 38.4 Å². The second-order valence-corrected chi connectivity index (χ2v) is 6.58. The van der Waals surface area contributed by atoms with Gasteiger partial charge in [0.2, 0.25) is 0 Å². The minimum atomic E-state index is 0.293. The normalized spacial score (nSPS) is 18.5. The van der Waals surface area contributed by atoms with E-state index < -0.39 is 0 Å². The molecule has 4 rings (SSSR count). The molecule has 1 atom stereocenters. The van der Waals surface area contributed by atoms with E-state index in [2.05, 4.69) is 62.1 Å². The molecule has 25 heavy (non-hydrogen) atoms. The van der Waals surface area contributed by atoms with Gasteiger partial charge in [0.25, 0.3) is 0 Å². The molecule has 6 heteroatoms. The molecule has 3 heterocycles. The second-order valence-electron chi connectivity index (χ2n) is 6.58. The summed E-state index contributed by atoms with van der Waals surface area (Å²) in [5.74, 6) is 1.04. The van der Waals surface area contributed by atoms with Gasteiger partial charge in [0.1, 0.15) is 6.33 Å². The number of nitrogens with zero attached hydrogens (tertiary/aromatic N) is 6. The smallest absolute Gasteiger partial charge is 0.154 e. The van der Waals surface area contributed by atoms with Crippen molar-refractivity contribution >= 4 is 0 Å². The van der Waals surface area contributed by atoms with E-state index in [0.717, 1.165) is 37.6 Å². The molecule has 2 aromatic heterocycles. The van der Waals surface area contributed by atoms with Crippen LogP contribution in [0, 0.1) is 0 Å². The molecule has 0 spiro atoms. The van der Waals surface area contributed by atoms with E-state index in [0.29, 0.717) is 6.04 Å². The molecule has 1 fully saturated rings. The van der Waals surface area contributed by atoms with Gasteiger partial charge in [0, 0.05) is 30.5 Å². The van der Waals surface area contributed by atoms with E-state index in [1.54, 1.807) is 0 Å². The molecule has 1 saturated heterocycles. The highest BCUT2D eigenvalue weighted by Gasteiger charge is 2.28. The minimum absolute atomic E-state index is 0.293. The van der Waals surface area contributed by atoms with Crippen LogP contribution in [0.3, 0.4) is 0 Å². The number of hydrogen-bond acceptors (Lipinski definition) is 4. The topological polar surface area (TPSA) is 51.8 Å². The van der Waals surface area contributed by atoms with Gasteiger partial charge in [-0.2, -0.15) is 5.10 Å². The Morgan fingerprint density at radius 3 is 2.84 bits per heavy atom. The number of rotatable bonds is 5. The van der Waals surface area contributed by atoms with Crippen LogP contribution in [0.2, 0.25) is 0 Å². The van der Waals surface area contributed by atoms with Gasteiger partial charge in [-0.1, -0.05) is 24.6 Å². The van der Waals surface area contributed by atoms with Gasteiger partial charge < -0.3 is 0 Å². The van der Waals surface area contributed by atoms with Crippen LogP contribution in [-0.4, -0.2) is 36.0 Å². The van der Waals surface area contributed by atoms with Crippen molar-refractivity contribution in [1.82, 2.24) is 29.4 Å². The van der Waals surface area contributed by atoms with Gasteiger partial charge in [-0.3, -0.25) is 14.1 Å². The summed E-state index contributed by atoms with van der Waals surface area (Å²) in [6.07, 6.45) is 9.54. The molecule has 0 N–H and O–H groups in total. The highest BCUT2D eigenvalue weighted by Crippen LogP contribution is 2.32. The van der Waals surface area contributed by atoms with Gasteiger partial charge in [-0.15, -0.1) is 10.2 Å². The van der Waals surface area contributed by atoms with Gasteiger partial charge in [0.05, 0.1) is 12.2 Å². The van der Waals surface area contributed by atoms with Crippen molar-refractivity contribution in [2.24, 2.45) is 0 Å². The lowest BCUT2D eigenvalue weighted by Crippen LogP contribution is -2.34. The molecule has 1 aliphatic heterocycles. The Balaban J connectivity index is 1.60. The standard InChI is InChI=1S/C19H24N6/c1-2-24-14-16(12-21-24)13-23-11-7-6-10-18(23)19-22-20-15-25(19)17-8-4-3-5-9-17/h3-5,8-9,12,14-15,18H,2,6-7,10-11,13H2,1H3/t18-/m0/s1. The van der Waals surface area contributed by atoms with Gasteiger partial charge in [-0.25, -0.2) is 0 Å². The van der Waals surface area contributed by atoms with Gasteiger partial charge in [0.15, 0.2) is 5.82 Å². The van der Waals surface area contributed by atoms with Crippen LogP contribution in [0.5, 0.6) is 0 Å². The summed E-state index contributed by atoms with van der Waals surface area (Å²) >= 11 is 0. The van der Waals surface area contributed by atoms with Crippen LogP contribution in [0.4, 0.5) is 0 Å². The maximum Gasteiger partial charge on any atom is 0.154 e. The van der Waals surface area contributed by atoms with E-state index in [1.165, 1.54) is 18.4 Å². The fourth-order valence-corrected chi connectivity index (χ4v) is 3.63. The SMILES string of the molecule is CCn1cc(CN2CCCC[C@H]2c2nncn2-c2ccccc2)cn1. The zero-order valence-electron chi connectivity index (χ0n) is 14.6. The number of benzene rings is 1. The molecule has 0 unspecified atom stereocenters. The highest BCUT2D eigenvalue weighted by atomic mass is 15.3. The maximum absolute atomic E-state index is 4.48. The predicted octanol–water partition coefficient (Wildman–Crippen LogP) is 3.21. The Hall–Kier alpha value is -2.47. The summed E-state index contributed by atoms with van der Waals surface area (Å²) in [4.78, 5) is 2.52. The number of para-hydroxylation sites is 1. The van der Waals surface area contributed by atoms with E-state index in [-0.39, 0.29) is 0 Å². The van der Waals surface area contributed by atoms with Crippen LogP contribution < -0.4 is 0 Å². The molecule has 6 nitrogen and oxygen atoms in total. The Kier molecular flexibility index (Phi) is 4.61. The third-order valence-electron chi connectivity index (χ3n) is 4.92. The van der Waals surface area contributed by atoms with Crippen molar-refractivity contribution < 1.29 is 0 Å². The average Bonchev–Trinajstić information content (AvgIpc) is 3.32. The Bertz CT molecular complexity index is 806. The summed E-state index contributed by atoms with van der Waals surface area (Å²) in [7, 11) is 0. The highest BCUT2D eigenvalue weighted by molar-refractivity contribution is 5.32. The summed E-state index contributed by atoms with van der Waals surface area (Å²) in [5, 5.41) is 13.1. The molecule has 1 aromatic carbocycles. The molecule has 0 saturated carbocycles. The Morgan fingerprint density at radius 1 is 1.16 bits per heavy atom. The lowest BCUT2D eigenvalue weighted by atomic mass is 10.0. The van der Waals surface area contributed by atoms with Crippen molar-refractivity contribution in [3.63, 3.8) is 0 Å². The first-order valence-electron chi connectivity index (χ1n) is 9.06. The molecule has 3 aromatic rings. The van der Waals surface area contributed by atoms with Crippen molar-refractivity contribution in [3.05, 3.63) is 60.4 Å². The first kappa shape index (κ1) is 16.0. The number of hydrogen-bond donors (Lipinski definition) is 0. The van der Waals surface area contributed by atoms with Crippen LogP contribution in [-0.2, 0) is 13.1 Å². The number of likely N-dealkylation sites (tertiary alicyclic amines) is 1. The lowest BCUT2D eigenvalue weighted by Gasteiger charge is -2.34. The first-order chi connectivity index (χ1) is 12.3. The van der Waals surface area contributed by atoms with Crippen LogP contribution >= 0.6 is 0 Å². The Morgan fingerprint density at radius 2 is 2.04 bits per heavy atom. The zero-order chi connectivity index (χ0) is 17.1. The largest absolute Gasteiger partial charge is 0.289 e. The van der Waals surface area contributed by atoms with E-state index >= 15 is 0 Å². The van der Waals surface area contributed by atoms with E-state index in [1.807, 2.05) is 23.3 Å². The Labute approximate surface area is 148 Å². The monoisotopic (exact) mass is 336 g/mol. The van der Waals surface area contributed by atoms with Crippen molar-refractivity contribution in [3.8, 4) is 5.69 Å². The number of aromatic nitrogens is 5. The fourth-order valence-electron chi connectivity index (χ4n) is 3.63. The molecular weight excluding hydrogens is 312 g/mol. The molecule has 0 bridgehead atoms. The lowest BCUT2D eigenvalue weighted by molar-refractivity contribution is 0.132. The third-order valence-corrected chi connectivity index (χ3v) is 4.92. The molecule has 0 amide bonds. The van der Waals surface area contributed by atoms with Crippen molar-refractivity contribution in [2.45, 2.75) is 45.3 Å². The van der Waals surface area contributed by atoms with Crippen molar-refractivity contribution in [2.75, 3.05) is 6.54 Å². The molecular formula is C19H24N6. The van der Waals surface area contributed by atoms with Crippen LogP contribution in [0.1, 0.15) is 43.6 Å². The number of piperidine rings is 1. The van der Waals surface area contributed by atoms with E-state index in [4.69, 9.17) is 0 Å².